The molecule has 1 unspecified atom stereocenters. The van der Waals surface area contributed by atoms with E-state index in [4.69, 9.17) is 4.74 Å². The Morgan fingerprint density at radius 1 is 1.24 bits per heavy atom. The van der Waals surface area contributed by atoms with Gasteiger partial charge in [-0.15, -0.1) is 0 Å². The van der Waals surface area contributed by atoms with E-state index in [1.54, 1.807) is 12.1 Å². The van der Waals surface area contributed by atoms with Crippen molar-refractivity contribution in [1.29, 1.82) is 0 Å². The van der Waals surface area contributed by atoms with Crippen molar-refractivity contribution in [3.63, 3.8) is 0 Å². The minimum absolute atomic E-state index is 0.274. The van der Waals surface area contributed by atoms with Crippen LogP contribution in [0.4, 0.5) is 4.39 Å². The van der Waals surface area contributed by atoms with Crippen LogP contribution in [0.5, 0.6) is 5.75 Å². The van der Waals surface area contributed by atoms with Crippen molar-refractivity contribution in [1.82, 2.24) is 0 Å². The Labute approximate surface area is 101 Å². The Bertz CT molecular complexity index is 331. The van der Waals surface area contributed by atoms with Gasteiger partial charge in [0.15, 0.2) is 0 Å². The van der Waals surface area contributed by atoms with Gasteiger partial charge < -0.3 is 9.84 Å². The molecule has 0 radical (unpaired) electrons. The van der Waals surface area contributed by atoms with Crippen molar-refractivity contribution >= 4 is 0 Å². The standard InChI is InChI=1S/C14H19FO2/c15-12-5-7-14(8-6-12)17-10-13(16)9-11-3-1-2-4-11/h5-8,11,13,16H,1-4,9-10H2. The van der Waals surface area contributed by atoms with Gasteiger partial charge in [-0.25, -0.2) is 4.39 Å². The predicted octanol–water partition coefficient (Wildman–Crippen LogP) is 3.15. The third-order valence-corrected chi connectivity index (χ3v) is 3.34. The Kier molecular flexibility index (Phi) is 4.37. The first-order chi connectivity index (χ1) is 8.24. The van der Waals surface area contributed by atoms with E-state index in [2.05, 4.69) is 0 Å². The minimum Gasteiger partial charge on any atom is -0.491 e. The van der Waals surface area contributed by atoms with Crippen LogP contribution in [-0.4, -0.2) is 17.8 Å². The third kappa shape index (κ3) is 4.00. The molecule has 17 heavy (non-hydrogen) atoms. The maximum atomic E-state index is 12.7. The highest BCUT2D eigenvalue weighted by atomic mass is 19.1. The van der Waals surface area contributed by atoms with Crippen LogP contribution in [0.2, 0.25) is 0 Å². The van der Waals surface area contributed by atoms with Crippen LogP contribution in [0.3, 0.4) is 0 Å². The summed E-state index contributed by atoms with van der Waals surface area (Å²) in [6.07, 6.45) is 5.44. The summed E-state index contributed by atoms with van der Waals surface area (Å²) in [6, 6.07) is 5.88. The molecule has 1 aliphatic rings. The molecule has 2 nitrogen and oxygen atoms in total. The van der Waals surface area contributed by atoms with E-state index >= 15 is 0 Å². The number of halogens is 1. The van der Waals surface area contributed by atoms with Crippen molar-refractivity contribution < 1.29 is 14.2 Å². The van der Waals surface area contributed by atoms with Crippen LogP contribution >= 0.6 is 0 Å². The third-order valence-electron chi connectivity index (χ3n) is 3.34. The number of hydrogen-bond acceptors (Lipinski definition) is 2. The van der Waals surface area contributed by atoms with E-state index in [0.717, 1.165) is 6.42 Å². The molecule has 3 heteroatoms. The maximum absolute atomic E-state index is 12.7. The van der Waals surface area contributed by atoms with Gasteiger partial charge in [0.2, 0.25) is 0 Å². The molecule has 1 N–H and O–H groups in total. The topological polar surface area (TPSA) is 29.5 Å². The molecule has 2 rings (SSSR count). The van der Waals surface area contributed by atoms with Gasteiger partial charge in [0.05, 0.1) is 6.10 Å². The lowest BCUT2D eigenvalue weighted by molar-refractivity contribution is 0.0855. The van der Waals surface area contributed by atoms with Crippen molar-refractivity contribution in [2.45, 2.75) is 38.2 Å². The summed E-state index contributed by atoms with van der Waals surface area (Å²) in [5.41, 5.74) is 0. The number of benzene rings is 1. The first kappa shape index (κ1) is 12.4. The zero-order chi connectivity index (χ0) is 12.1. The van der Waals surface area contributed by atoms with Crippen molar-refractivity contribution in [3.05, 3.63) is 30.1 Å². The first-order valence-corrected chi connectivity index (χ1v) is 6.30. The highest BCUT2D eigenvalue weighted by molar-refractivity contribution is 5.22. The monoisotopic (exact) mass is 238 g/mol. The van der Waals surface area contributed by atoms with E-state index in [1.807, 2.05) is 0 Å². The van der Waals surface area contributed by atoms with Gasteiger partial charge in [0.1, 0.15) is 18.2 Å². The van der Waals surface area contributed by atoms with Gasteiger partial charge in [-0.3, -0.25) is 0 Å². The molecule has 1 aromatic rings. The Morgan fingerprint density at radius 2 is 1.88 bits per heavy atom. The molecule has 1 aromatic carbocycles. The summed E-state index contributed by atoms with van der Waals surface area (Å²) in [6.45, 7) is 0.294. The minimum atomic E-state index is -0.414. The molecule has 0 spiro atoms. The number of hydrogen-bond donors (Lipinski definition) is 1. The molecule has 1 aliphatic carbocycles. The molecule has 1 atom stereocenters. The predicted molar refractivity (Wildman–Crippen MR) is 64.5 cm³/mol. The summed E-state index contributed by atoms with van der Waals surface area (Å²) in [5.74, 6) is 0.988. The average molecular weight is 238 g/mol. The number of aliphatic hydroxyl groups is 1. The molecule has 1 saturated carbocycles. The van der Waals surface area contributed by atoms with E-state index in [9.17, 15) is 9.50 Å². The Morgan fingerprint density at radius 3 is 2.53 bits per heavy atom. The summed E-state index contributed by atoms with van der Waals surface area (Å²) in [7, 11) is 0. The van der Waals surface area contributed by atoms with Crippen LogP contribution in [-0.2, 0) is 0 Å². The molecular formula is C14H19FO2. The van der Waals surface area contributed by atoms with Crippen LogP contribution in [0.15, 0.2) is 24.3 Å². The summed E-state index contributed by atoms with van der Waals surface area (Å²) >= 11 is 0. The summed E-state index contributed by atoms with van der Waals surface area (Å²) in [4.78, 5) is 0. The molecule has 0 saturated heterocycles. The molecular weight excluding hydrogens is 219 g/mol. The van der Waals surface area contributed by atoms with Crippen molar-refractivity contribution in [2.75, 3.05) is 6.61 Å². The van der Waals surface area contributed by atoms with Crippen molar-refractivity contribution in [3.8, 4) is 5.75 Å². The fourth-order valence-electron chi connectivity index (χ4n) is 2.42. The van der Waals surface area contributed by atoms with Gasteiger partial charge in [0, 0.05) is 0 Å². The SMILES string of the molecule is OC(COc1ccc(F)cc1)CC1CCCC1. The highest BCUT2D eigenvalue weighted by Gasteiger charge is 2.19. The lowest BCUT2D eigenvalue weighted by atomic mass is 10.0. The van der Waals surface area contributed by atoms with Crippen LogP contribution in [0.1, 0.15) is 32.1 Å². The molecule has 0 bridgehead atoms. The molecule has 0 heterocycles. The molecule has 94 valence electrons. The van der Waals surface area contributed by atoms with Gasteiger partial charge in [-0.05, 0) is 36.6 Å². The summed E-state index contributed by atoms with van der Waals surface area (Å²) < 4.78 is 18.1. The van der Waals surface area contributed by atoms with Crippen LogP contribution < -0.4 is 4.74 Å². The van der Waals surface area contributed by atoms with Gasteiger partial charge >= 0.3 is 0 Å². The van der Waals surface area contributed by atoms with Crippen LogP contribution in [0.25, 0.3) is 0 Å². The fraction of sp³-hybridized carbons (Fsp3) is 0.571. The summed E-state index contributed by atoms with van der Waals surface area (Å²) in [5, 5.41) is 9.83. The van der Waals surface area contributed by atoms with Crippen molar-refractivity contribution in [2.24, 2.45) is 5.92 Å². The normalized spacial score (nSPS) is 18.2. The lowest BCUT2D eigenvalue weighted by Crippen LogP contribution is -2.20. The number of rotatable bonds is 5. The second-order valence-corrected chi connectivity index (χ2v) is 4.80. The lowest BCUT2D eigenvalue weighted by Gasteiger charge is -2.16. The van der Waals surface area contributed by atoms with E-state index in [1.165, 1.54) is 37.8 Å². The van der Waals surface area contributed by atoms with Gasteiger partial charge in [0.25, 0.3) is 0 Å². The Hall–Kier alpha value is -1.09. The molecule has 0 aromatic heterocycles. The van der Waals surface area contributed by atoms with Gasteiger partial charge in [-0.1, -0.05) is 25.7 Å². The first-order valence-electron chi connectivity index (χ1n) is 6.30. The maximum Gasteiger partial charge on any atom is 0.123 e. The fourth-order valence-corrected chi connectivity index (χ4v) is 2.42. The number of ether oxygens (including phenoxy) is 1. The quantitative estimate of drug-likeness (QED) is 0.854. The zero-order valence-electron chi connectivity index (χ0n) is 9.94. The van der Waals surface area contributed by atoms with E-state index in [0.29, 0.717) is 18.3 Å². The second-order valence-electron chi connectivity index (χ2n) is 4.80. The van der Waals surface area contributed by atoms with E-state index in [-0.39, 0.29) is 5.82 Å². The van der Waals surface area contributed by atoms with Crippen LogP contribution in [0, 0.1) is 11.7 Å². The van der Waals surface area contributed by atoms with E-state index < -0.39 is 6.10 Å². The molecule has 0 amide bonds. The average Bonchev–Trinajstić information content (AvgIpc) is 2.81. The number of aliphatic hydroxyl groups excluding tert-OH is 1. The largest absolute Gasteiger partial charge is 0.491 e. The van der Waals surface area contributed by atoms with Gasteiger partial charge in [-0.2, -0.15) is 0 Å². The Balaban J connectivity index is 1.71. The molecule has 0 aliphatic heterocycles. The highest BCUT2D eigenvalue weighted by Crippen LogP contribution is 2.28. The second kappa shape index (κ2) is 6.01. The molecule has 1 fully saturated rings. The zero-order valence-corrected chi connectivity index (χ0v) is 9.94. The smallest absolute Gasteiger partial charge is 0.123 e.